The van der Waals surface area contributed by atoms with E-state index in [1.54, 1.807) is 0 Å². The van der Waals surface area contributed by atoms with Gasteiger partial charge < -0.3 is 4.12 Å². The molecule has 17 heavy (non-hydrogen) atoms. The molecule has 3 heteroatoms. The number of hydrogen-bond donors (Lipinski definition) is 0. The Bertz CT molecular complexity index is 550. The highest BCUT2D eigenvalue weighted by molar-refractivity contribution is 7.05. The minimum Gasteiger partial charge on any atom is -0.449 e. The summed E-state index contributed by atoms with van der Waals surface area (Å²) in [5.41, 5.74) is 0. The minimum atomic E-state index is -1.65. The molecule has 0 fully saturated rings. The summed E-state index contributed by atoms with van der Waals surface area (Å²) in [7, 11) is -3.30. The molecule has 2 aromatic rings. The lowest BCUT2D eigenvalue weighted by Gasteiger charge is -2.22. The van der Waals surface area contributed by atoms with Crippen molar-refractivity contribution in [2.75, 3.05) is 0 Å². The minimum absolute atomic E-state index is 1.35. The molecule has 0 saturated heterocycles. The van der Waals surface area contributed by atoms with Crippen molar-refractivity contribution >= 4 is 37.8 Å². The number of rotatable bonds is 0. The van der Waals surface area contributed by atoms with E-state index >= 15 is 0 Å². The van der Waals surface area contributed by atoms with E-state index < -0.39 is 16.6 Å². The van der Waals surface area contributed by atoms with E-state index in [2.05, 4.69) is 62.6 Å². The van der Waals surface area contributed by atoms with Crippen molar-refractivity contribution in [1.82, 2.24) is 0 Å². The molecule has 2 aromatic carbocycles. The summed E-state index contributed by atoms with van der Waals surface area (Å²) in [6, 6.07) is 13.4. The third-order valence-corrected chi connectivity index (χ3v) is 11.4. The maximum absolute atomic E-state index is 6.46. The second-order valence-corrected chi connectivity index (χ2v) is 13.8. The predicted molar refractivity (Wildman–Crippen MR) is 79.3 cm³/mol. The Balaban J connectivity index is 2.37. The molecule has 0 unspecified atom stereocenters. The highest BCUT2D eigenvalue weighted by Gasteiger charge is 2.46. The van der Waals surface area contributed by atoms with Crippen LogP contribution >= 0.6 is 0 Å². The van der Waals surface area contributed by atoms with Crippen LogP contribution in [0.4, 0.5) is 0 Å². The molecule has 0 aromatic heterocycles. The summed E-state index contributed by atoms with van der Waals surface area (Å²) in [6.45, 7) is 9.29. The molecule has 0 spiro atoms. The summed E-state index contributed by atoms with van der Waals surface area (Å²) in [5.74, 6) is 0. The predicted octanol–water partition coefficient (Wildman–Crippen LogP) is 2.69. The summed E-state index contributed by atoms with van der Waals surface area (Å²) in [6.07, 6.45) is 0. The Labute approximate surface area is 105 Å². The molecule has 1 nitrogen and oxygen atoms in total. The fourth-order valence-electron chi connectivity index (χ4n) is 2.98. The van der Waals surface area contributed by atoms with Crippen molar-refractivity contribution in [1.29, 1.82) is 0 Å². The average Bonchev–Trinajstić information content (AvgIpc) is 2.43. The molecule has 0 bridgehead atoms. The number of fused-ring (bicyclic) bond motifs is 2. The molecule has 0 atom stereocenters. The lowest BCUT2D eigenvalue weighted by Crippen LogP contribution is -2.43. The first kappa shape index (κ1) is 11.2. The van der Waals surface area contributed by atoms with Gasteiger partial charge >= 0.3 is 0 Å². The molecule has 88 valence electrons. The van der Waals surface area contributed by atoms with Crippen LogP contribution in [0.15, 0.2) is 36.4 Å². The molecular formula is C14H18OSi2. The zero-order chi connectivity index (χ0) is 12.3. The maximum atomic E-state index is 6.46. The van der Waals surface area contributed by atoms with E-state index in [1.807, 2.05) is 0 Å². The van der Waals surface area contributed by atoms with E-state index in [9.17, 15) is 0 Å². The van der Waals surface area contributed by atoms with Crippen LogP contribution in [0.25, 0.3) is 10.8 Å². The van der Waals surface area contributed by atoms with Crippen LogP contribution in [0.1, 0.15) is 0 Å². The summed E-state index contributed by atoms with van der Waals surface area (Å²) in [4.78, 5) is 0. The average molecular weight is 258 g/mol. The van der Waals surface area contributed by atoms with Gasteiger partial charge in [-0.2, -0.15) is 0 Å². The normalized spacial score (nSPS) is 20.5. The van der Waals surface area contributed by atoms with E-state index in [-0.39, 0.29) is 0 Å². The van der Waals surface area contributed by atoms with Crippen molar-refractivity contribution in [3.05, 3.63) is 36.4 Å². The summed E-state index contributed by atoms with van der Waals surface area (Å²) in [5, 5.41) is 5.74. The highest BCUT2D eigenvalue weighted by Crippen LogP contribution is 2.24. The Hall–Kier alpha value is -0.906. The van der Waals surface area contributed by atoms with Crippen LogP contribution in [-0.4, -0.2) is 16.6 Å². The first-order valence-corrected chi connectivity index (χ1v) is 12.0. The molecule has 0 N–H and O–H groups in total. The van der Waals surface area contributed by atoms with Crippen molar-refractivity contribution in [3.8, 4) is 0 Å². The van der Waals surface area contributed by atoms with Crippen molar-refractivity contribution in [2.24, 2.45) is 0 Å². The third kappa shape index (κ3) is 1.61. The van der Waals surface area contributed by atoms with Crippen molar-refractivity contribution < 1.29 is 4.12 Å². The van der Waals surface area contributed by atoms with E-state index in [4.69, 9.17) is 4.12 Å². The standard InChI is InChI=1S/C14H18OSi2/c1-16(2)13-9-11-7-5-6-8-12(11)10-14(13)17(3,4)15-16/h5-10H,1-4H3. The summed E-state index contributed by atoms with van der Waals surface area (Å²) >= 11 is 0. The molecular weight excluding hydrogens is 240 g/mol. The monoisotopic (exact) mass is 258 g/mol. The summed E-state index contributed by atoms with van der Waals surface area (Å²) < 4.78 is 6.46. The van der Waals surface area contributed by atoms with Crippen LogP contribution in [0.3, 0.4) is 0 Å². The first-order chi connectivity index (χ1) is 7.90. The Kier molecular flexibility index (Phi) is 2.18. The van der Waals surface area contributed by atoms with Crippen molar-refractivity contribution in [3.63, 3.8) is 0 Å². The Morgan fingerprint density at radius 3 is 1.59 bits per heavy atom. The van der Waals surface area contributed by atoms with Crippen LogP contribution < -0.4 is 10.4 Å². The van der Waals surface area contributed by atoms with E-state index in [0.29, 0.717) is 0 Å². The van der Waals surface area contributed by atoms with Crippen LogP contribution in [0.5, 0.6) is 0 Å². The zero-order valence-corrected chi connectivity index (χ0v) is 12.9. The van der Waals surface area contributed by atoms with Gasteiger partial charge in [0.1, 0.15) is 0 Å². The number of hydrogen-bond acceptors (Lipinski definition) is 1. The maximum Gasteiger partial charge on any atom is 0.206 e. The van der Waals surface area contributed by atoms with Gasteiger partial charge in [-0.15, -0.1) is 0 Å². The SMILES string of the molecule is C[Si]1(C)O[Si](C)(C)c2cc3ccccc3cc21. The lowest BCUT2D eigenvalue weighted by atomic mass is 10.1. The Morgan fingerprint density at radius 1 is 0.765 bits per heavy atom. The molecule has 0 aliphatic carbocycles. The fraction of sp³-hybridized carbons (Fsp3) is 0.286. The van der Waals surface area contributed by atoms with E-state index in [0.717, 1.165) is 0 Å². The van der Waals surface area contributed by atoms with Gasteiger partial charge in [0.15, 0.2) is 0 Å². The van der Waals surface area contributed by atoms with Crippen LogP contribution in [-0.2, 0) is 4.12 Å². The molecule has 1 aliphatic heterocycles. The topological polar surface area (TPSA) is 9.23 Å². The molecule has 0 saturated carbocycles. The number of benzene rings is 2. The van der Waals surface area contributed by atoms with Gasteiger partial charge in [0.05, 0.1) is 0 Å². The quantitative estimate of drug-likeness (QED) is 0.660. The lowest BCUT2D eigenvalue weighted by molar-refractivity contribution is 0.583. The second kappa shape index (κ2) is 3.31. The molecule has 0 amide bonds. The molecule has 3 rings (SSSR count). The van der Waals surface area contributed by atoms with Crippen LogP contribution in [0.2, 0.25) is 26.2 Å². The second-order valence-electron chi connectivity index (χ2n) is 5.87. The zero-order valence-electron chi connectivity index (χ0n) is 10.9. The van der Waals surface area contributed by atoms with E-state index in [1.165, 1.54) is 21.1 Å². The third-order valence-electron chi connectivity index (χ3n) is 3.69. The molecule has 1 heterocycles. The van der Waals surface area contributed by atoms with Gasteiger partial charge in [0, 0.05) is 0 Å². The molecule has 1 aliphatic rings. The van der Waals surface area contributed by atoms with Gasteiger partial charge in [-0.25, -0.2) is 0 Å². The Morgan fingerprint density at radius 2 is 1.18 bits per heavy atom. The van der Waals surface area contributed by atoms with Crippen LogP contribution in [0, 0.1) is 0 Å². The first-order valence-electron chi connectivity index (χ1n) is 6.14. The van der Waals surface area contributed by atoms with Gasteiger partial charge in [-0.1, -0.05) is 36.4 Å². The van der Waals surface area contributed by atoms with Gasteiger partial charge in [-0.3, -0.25) is 0 Å². The smallest absolute Gasteiger partial charge is 0.206 e. The van der Waals surface area contributed by atoms with Crippen molar-refractivity contribution in [2.45, 2.75) is 26.2 Å². The largest absolute Gasteiger partial charge is 0.449 e. The fourth-order valence-corrected chi connectivity index (χ4v) is 13.2. The van der Waals surface area contributed by atoms with Gasteiger partial charge in [0.25, 0.3) is 0 Å². The van der Waals surface area contributed by atoms with Gasteiger partial charge in [0.2, 0.25) is 16.6 Å². The highest BCUT2D eigenvalue weighted by atomic mass is 28.4. The molecule has 0 radical (unpaired) electrons. The van der Waals surface area contributed by atoms with Gasteiger partial charge in [-0.05, 0) is 47.3 Å².